The summed E-state index contributed by atoms with van der Waals surface area (Å²) in [6.45, 7) is 5.05. The fourth-order valence-electron chi connectivity index (χ4n) is 6.04. The maximum atomic E-state index is 12.8. The molecule has 0 aliphatic carbocycles. The van der Waals surface area contributed by atoms with E-state index < -0.39 is 13.9 Å². The number of nitrogens with one attached hydrogen (secondary N) is 2. The van der Waals surface area contributed by atoms with Crippen LogP contribution in [0.3, 0.4) is 0 Å². The summed E-state index contributed by atoms with van der Waals surface area (Å²) in [5, 5.41) is 5.82. The summed E-state index contributed by atoms with van der Waals surface area (Å²) in [6, 6.07) is -0.623. The average Bonchev–Trinajstić information content (AvgIpc) is 3.06. The van der Waals surface area contributed by atoms with Crippen LogP contribution < -0.4 is 10.6 Å². The Morgan fingerprint density at radius 1 is 0.580 bits per heavy atom. The molecule has 1 unspecified atom stereocenters. The smallest absolute Gasteiger partial charge is 0.354 e. The van der Waals surface area contributed by atoms with E-state index in [1.807, 2.05) is 21.1 Å². The van der Waals surface area contributed by atoms with Gasteiger partial charge in [-0.3, -0.25) is 18.6 Å². The zero-order valence-corrected chi connectivity index (χ0v) is 34.5. The van der Waals surface area contributed by atoms with Gasteiger partial charge in [-0.05, 0) is 12.8 Å². The topological polar surface area (TPSA) is 114 Å². The van der Waals surface area contributed by atoms with Crippen molar-refractivity contribution in [3.05, 3.63) is 0 Å². The maximum Gasteiger partial charge on any atom is 0.472 e. The van der Waals surface area contributed by atoms with Gasteiger partial charge in [0.2, 0.25) is 11.8 Å². The van der Waals surface area contributed by atoms with Gasteiger partial charge in [0.05, 0.1) is 33.8 Å². The number of unbranched alkanes of at least 4 members (excludes halogenated alkanes) is 24. The van der Waals surface area contributed by atoms with Crippen LogP contribution in [0.25, 0.3) is 0 Å². The molecular formula is C40H83N3O6P+. The van der Waals surface area contributed by atoms with Crippen molar-refractivity contribution in [2.24, 2.45) is 0 Å². The summed E-state index contributed by atoms with van der Waals surface area (Å²) in [6.07, 6.45) is 33.3. The maximum absolute atomic E-state index is 12.8. The molecule has 3 N–H and O–H groups in total. The van der Waals surface area contributed by atoms with Crippen molar-refractivity contribution in [1.29, 1.82) is 0 Å². The Hall–Kier alpha value is -0.990. The molecule has 2 atom stereocenters. The predicted molar refractivity (Wildman–Crippen MR) is 210 cm³/mol. The third kappa shape index (κ3) is 36.8. The number of amides is 2. The van der Waals surface area contributed by atoms with Crippen LogP contribution in [0, 0.1) is 0 Å². The molecule has 9 nitrogen and oxygen atoms in total. The van der Waals surface area contributed by atoms with Crippen LogP contribution in [0.4, 0.5) is 0 Å². The summed E-state index contributed by atoms with van der Waals surface area (Å²) in [5.41, 5.74) is 0. The minimum Gasteiger partial charge on any atom is -0.354 e. The van der Waals surface area contributed by atoms with Crippen LogP contribution in [-0.4, -0.2) is 74.7 Å². The van der Waals surface area contributed by atoms with Gasteiger partial charge in [-0.2, -0.15) is 0 Å². The highest BCUT2D eigenvalue weighted by molar-refractivity contribution is 7.47. The normalized spacial score (nSPS) is 13.6. The van der Waals surface area contributed by atoms with Gasteiger partial charge in [0.15, 0.2) is 0 Å². The second-order valence-electron chi connectivity index (χ2n) is 15.7. The molecule has 0 aliphatic heterocycles. The number of phosphoric ester groups is 1. The van der Waals surface area contributed by atoms with E-state index in [2.05, 4.69) is 24.5 Å². The Morgan fingerprint density at radius 3 is 1.32 bits per heavy atom. The number of carbonyl (C=O) groups is 2. The number of nitrogens with zero attached hydrogens (tertiary/aromatic N) is 1. The lowest BCUT2D eigenvalue weighted by atomic mass is 10.0. The van der Waals surface area contributed by atoms with Crippen LogP contribution in [0.15, 0.2) is 0 Å². The molecule has 0 aromatic carbocycles. The highest BCUT2D eigenvalue weighted by Gasteiger charge is 2.25. The van der Waals surface area contributed by atoms with Gasteiger partial charge < -0.3 is 20.0 Å². The van der Waals surface area contributed by atoms with Crippen molar-refractivity contribution in [2.45, 2.75) is 200 Å². The van der Waals surface area contributed by atoms with Gasteiger partial charge in [-0.15, -0.1) is 0 Å². The first-order chi connectivity index (χ1) is 24.0. The lowest BCUT2D eigenvalue weighted by Gasteiger charge is -2.24. The number of quaternary nitrogens is 1. The molecular weight excluding hydrogens is 649 g/mol. The van der Waals surface area contributed by atoms with Gasteiger partial charge in [0, 0.05) is 19.4 Å². The number of phosphoric acid groups is 1. The summed E-state index contributed by atoms with van der Waals surface area (Å²) in [7, 11) is 1.61. The molecule has 0 aromatic heterocycles. The molecule has 0 bridgehead atoms. The number of likely N-dealkylation sites (N-methyl/N-ethyl adjacent to an activating group) is 1. The molecule has 0 fully saturated rings. The van der Waals surface area contributed by atoms with Gasteiger partial charge in [-0.1, -0.05) is 168 Å². The third-order valence-electron chi connectivity index (χ3n) is 9.38. The van der Waals surface area contributed by atoms with E-state index in [0.717, 1.165) is 38.5 Å². The van der Waals surface area contributed by atoms with Crippen molar-refractivity contribution in [2.75, 3.05) is 47.4 Å². The van der Waals surface area contributed by atoms with E-state index in [1.165, 1.54) is 128 Å². The monoisotopic (exact) mass is 733 g/mol. The number of hydrogen-bond acceptors (Lipinski definition) is 5. The molecule has 0 saturated heterocycles. The van der Waals surface area contributed by atoms with Gasteiger partial charge in [0.1, 0.15) is 13.2 Å². The van der Waals surface area contributed by atoms with Crippen molar-refractivity contribution in [1.82, 2.24) is 10.6 Å². The van der Waals surface area contributed by atoms with Gasteiger partial charge >= 0.3 is 7.82 Å². The molecule has 2 amide bonds. The van der Waals surface area contributed by atoms with Gasteiger partial charge in [-0.25, -0.2) is 4.57 Å². The van der Waals surface area contributed by atoms with Crippen molar-refractivity contribution in [3.8, 4) is 0 Å². The zero-order chi connectivity index (χ0) is 37.2. The van der Waals surface area contributed by atoms with E-state index in [4.69, 9.17) is 9.05 Å². The average molecular weight is 733 g/mol. The van der Waals surface area contributed by atoms with Crippen LogP contribution in [-0.2, 0) is 23.2 Å². The molecule has 0 spiro atoms. The van der Waals surface area contributed by atoms with E-state index in [9.17, 15) is 19.0 Å². The molecule has 0 rings (SSSR count). The van der Waals surface area contributed by atoms with Crippen LogP contribution in [0.2, 0.25) is 0 Å². The second kappa shape index (κ2) is 33.8. The summed E-state index contributed by atoms with van der Waals surface area (Å²) in [4.78, 5) is 35.6. The molecule has 298 valence electrons. The van der Waals surface area contributed by atoms with Crippen LogP contribution in [0.5, 0.6) is 0 Å². The van der Waals surface area contributed by atoms with E-state index in [0.29, 0.717) is 23.9 Å². The fraction of sp³-hybridized carbons (Fsp3) is 0.950. The first-order valence-corrected chi connectivity index (χ1v) is 22.5. The van der Waals surface area contributed by atoms with E-state index in [1.54, 1.807) is 0 Å². The first kappa shape index (κ1) is 49.0. The standard InChI is InChI=1S/C40H82N3O6P/c1-6-8-10-12-14-16-18-20-22-24-26-28-30-32-39(44)41-36-38(37-49-50(46,47)48-35-34-43(3,4)5)42-40(45)33-31-29-27-25-23-21-19-17-15-13-11-9-7-2/h38H,6-37H2,1-5H3,(H2-,41,42,44,45,46,47)/p+1/t38-/m1/s1. The largest absolute Gasteiger partial charge is 0.472 e. The Labute approximate surface area is 309 Å². The Kier molecular flexibility index (Phi) is 33.2. The second-order valence-corrected chi connectivity index (χ2v) is 17.1. The predicted octanol–water partition coefficient (Wildman–Crippen LogP) is 10.4. The highest BCUT2D eigenvalue weighted by atomic mass is 31.2. The molecule has 0 saturated carbocycles. The first-order valence-electron chi connectivity index (χ1n) is 21.0. The summed E-state index contributed by atoms with van der Waals surface area (Å²) >= 11 is 0. The lowest BCUT2D eigenvalue weighted by molar-refractivity contribution is -0.870. The summed E-state index contributed by atoms with van der Waals surface area (Å²) < 4.78 is 23.5. The SMILES string of the molecule is CCCCCCCCCCCCCCCC(=O)NC[C@H](COP(=O)(O)OCC[N+](C)(C)C)NC(=O)CCCCCCCCCCCCCCC. The molecule has 0 heterocycles. The van der Waals surface area contributed by atoms with Crippen molar-refractivity contribution in [3.63, 3.8) is 0 Å². The third-order valence-corrected chi connectivity index (χ3v) is 10.4. The molecule has 10 heteroatoms. The number of carbonyl (C=O) groups excluding carboxylic acids is 2. The lowest BCUT2D eigenvalue weighted by Crippen LogP contribution is -2.46. The minimum atomic E-state index is -4.29. The van der Waals surface area contributed by atoms with Crippen LogP contribution in [0.1, 0.15) is 194 Å². The Morgan fingerprint density at radius 2 is 0.940 bits per heavy atom. The minimum absolute atomic E-state index is 0.0726. The number of hydrogen-bond donors (Lipinski definition) is 3. The molecule has 0 aliphatic rings. The van der Waals surface area contributed by atoms with Crippen molar-refractivity contribution < 1.29 is 32.6 Å². The Balaban J connectivity index is 4.36. The van der Waals surface area contributed by atoms with Gasteiger partial charge in [0.25, 0.3) is 0 Å². The fourth-order valence-corrected chi connectivity index (χ4v) is 6.79. The molecule has 50 heavy (non-hydrogen) atoms. The van der Waals surface area contributed by atoms with E-state index >= 15 is 0 Å². The van der Waals surface area contributed by atoms with Crippen molar-refractivity contribution >= 4 is 19.6 Å². The molecule has 0 aromatic rings. The molecule has 0 radical (unpaired) electrons. The number of rotatable bonds is 38. The van der Waals surface area contributed by atoms with Crippen LogP contribution >= 0.6 is 7.82 Å². The highest BCUT2D eigenvalue weighted by Crippen LogP contribution is 2.43. The Bertz CT molecular complexity index is 838. The quantitative estimate of drug-likeness (QED) is 0.0331. The summed E-state index contributed by atoms with van der Waals surface area (Å²) in [5.74, 6) is -0.207. The zero-order valence-electron chi connectivity index (χ0n) is 33.6. The van der Waals surface area contributed by atoms with E-state index in [-0.39, 0.29) is 31.6 Å².